The van der Waals surface area contributed by atoms with Gasteiger partial charge in [0.25, 0.3) is 11.8 Å². The second kappa shape index (κ2) is 10.8. The van der Waals surface area contributed by atoms with Crippen LogP contribution in [0.5, 0.6) is 17.2 Å². The summed E-state index contributed by atoms with van der Waals surface area (Å²) in [6, 6.07) is 11.4. The first-order valence-corrected chi connectivity index (χ1v) is 10.9. The second-order valence-corrected chi connectivity index (χ2v) is 7.49. The van der Waals surface area contributed by atoms with Crippen molar-refractivity contribution in [1.29, 1.82) is 0 Å². The number of hydrogen-bond donors (Lipinski definition) is 1. The van der Waals surface area contributed by atoms with Gasteiger partial charge in [-0.15, -0.1) is 0 Å². The molecule has 0 bridgehead atoms. The summed E-state index contributed by atoms with van der Waals surface area (Å²) in [5.41, 5.74) is 0.802. The summed E-state index contributed by atoms with van der Waals surface area (Å²) in [4.78, 5) is 38.0. The number of nitrogens with one attached hydrogen (secondary N) is 1. The lowest BCUT2D eigenvalue weighted by atomic mass is 10.1. The van der Waals surface area contributed by atoms with Crippen molar-refractivity contribution in [2.45, 2.75) is 26.9 Å². The lowest BCUT2D eigenvalue weighted by molar-refractivity contribution is -0.312. The second-order valence-electron chi connectivity index (χ2n) is 7.10. The highest BCUT2D eigenvalue weighted by molar-refractivity contribution is 7.80. The van der Waals surface area contributed by atoms with Crippen LogP contribution >= 0.6 is 12.2 Å². The topological polar surface area (TPSA) is 117 Å². The predicted octanol–water partition coefficient (Wildman–Crippen LogP) is 1.83. The number of nitrogens with zero attached hydrogens (tertiary/aromatic N) is 1. The van der Waals surface area contributed by atoms with Crippen LogP contribution in [-0.2, 0) is 14.4 Å². The first-order valence-electron chi connectivity index (χ1n) is 10.5. The standard InChI is InChI=1S/C24H24N2O7S/c1-4-31-17-9-7-16(8-10-17)26-22(28)18(21(27)25-24(26)34)12-15-6-11-19(20(13-15)32-5-2)33-14(3)23(29)30/h6-14H,4-5H2,1-3H3,(H,29,30)(H,25,27,34)/p-1/b18-12-/t14-/m1/s1. The molecule has 0 radical (unpaired) electrons. The first-order chi connectivity index (χ1) is 16.2. The van der Waals surface area contributed by atoms with Crippen LogP contribution in [0, 0.1) is 0 Å². The lowest BCUT2D eigenvalue weighted by Crippen LogP contribution is -2.54. The molecule has 0 saturated carbocycles. The lowest BCUT2D eigenvalue weighted by Gasteiger charge is -2.29. The monoisotopic (exact) mass is 483 g/mol. The van der Waals surface area contributed by atoms with Gasteiger partial charge in [-0.25, -0.2) is 0 Å². The minimum absolute atomic E-state index is 0.0358. The van der Waals surface area contributed by atoms with Gasteiger partial charge in [-0.1, -0.05) is 6.07 Å². The Balaban J connectivity index is 1.93. The van der Waals surface area contributed by atoms with E-state index in [0.29, 0.717) is 23.6 Å². The Bertz CT molecular complexity index is 1140. The van der Waals surface area contributed by atoms with Gasteiger partial charge in [0.2, 0.25) is 0 Å². The van der Waals surface area contributed by atoms with Gasteiger partial charge in [-0.2, -0.15) is 0 Å². The van der Waals surface area contributed by atoms with Crippen molar-refractivity contribution < 1.29 is 33.7 Å². The van der Waals surface area contributed by atoms with Crippen molar-refractivity contribution in [2.24, 2.45) is 0 Å². The van der Waals surface area contributed by atoms with Gasteiger partial charge < -0.3 is 24.1 Å². The molecule has 1 atom stereocenters. The van der Waals surface area contributed by atoms with Crippen molar-refractivity contribution in [1.82, 2.24) is 5.32 Å². The Morgan fingerprint density at radius 3 is 2.38 bits per heavy atom. The molecule has 1 saturated heterocycles. The van der Waals surface area contributed by atoms with Crippen LogP contribution in [0.25, 0.3) is 6.08 Å². The molecule has 1 N–H and O–H groups in total. The zero-order valence-corrected chi connectivity index (χ0v) is 19.6. The molecule has 9 nitrogen and oxygen atoms in total. The van der Waals surface area contributed by atoms with Gasteiger partial charge in [0.05, 0.1) is 24.9 Å². The highest BCUT2D eigenvalue weighted by atomic mass is 32.1. The van der Waals surface area contributed by atoms with Gasteiger partial charge in [0.1, 0.15) is 17.4 Å². The van der Waals surface area contributed by atoms with Crippen LogP contribution < -0.4 is 29.5 Å². The van der Waals surface area contributed by atoms with Gasteiger partial charge in [-0.3, -0.25) is 19.8 Å². The molecule has 1 aliphatic rings. The van der Waals surface area contributed by atoms with E-state index in [9.17, 15) is 19.5 Å². The van der Waals surface area contributed by atoms with E-state index in [4.69, 9.17) is 26.4 Å². The number of amides is 2. The summed E-state index contributed by atoms with van der Waals surface area (Å²) < 4.78 is 16.3. The van der Waals surface area contributed by atoms with Gasteiger partial charge in [-0.05, 0) is 81.0 Å². The molecule has 0 aromatic heterocycles. The number of rotatable bonds is 9. The van der Waals surface area contributed by atoms with Crippen molar-refractivity contribution in [3.05, 3.63) is 53.6 Å². The smallest absolute Gasteiger partial charge is 0.270 e. The highest BCUT2D eigenvalue weighted by Gasteiger charge is 2.34. The Morgan fingerprint density at radius 1 is 1.09 bits per heavy atom. The number of benzene rings is 2. The summed E-state index contributed by atoms with van der Waals surface area (Å²) in [6.45, 7) is 5.75. The largest absolute Gasteiger partial charge is 0.546 e. The number of carboxylic acid groups (broad SMARTS) is 1. The van der Waals surface area contributed by atoms with Crippen LogP contribution in [-0.4, -0.2) is 42.2 Å². The van der Waals surface area contributed by atoms with Gasteiger partial charge in [0, 0.05) is 0 Å². The minimum atomic E-state index is -1.37. The van der Waals surface area contributed by atoms with E-state index in [1.165, 1.54) is 24.0 Å². The van der Waals surface area contributed by atoms with Crippen molar-refractivity contribution in [2.75, 3.05) is 18.1 Å². The molecule has 3 rings (SSSR count). The molecular weight excluding hydrogens is 460 g/mol. The molecule has 10 heteroatoms. The number of thiocarbonyl (C=S) groups is 1. The Morgan fingerprint density at radius 2 is 1.76 bits per heavy atom. The van der Waals surface area contributed by atoms with E-state index >= 15 is 0 Å². The number of carboxylic acids is 1. The summed E-state index contributed by atoms with van der Waals surface area (Å²) in [5.74, 6) is -1.52. The average molecular weight is 484 g/mol. The number of carbonyl (C=O) groups excluding carboxylic acids is 3. The summed E-state index contributed by atoms with van der Waals surface area (Å²) in [5, 5.41) is 13.5. The van der Waals surface area contributed by atoms with E-state index in [0.717, 1.165) is 0 Å². The van der Waals surface area contributed by atoms with E-state index < -0.39 is 23.9 Å². The van der Waals surface area contributed by atoms with Crippen LogP contribution in [0.15, 0.2) is 48.0 Å². The van der Waals surface area contributed by atoms with Crippen molar-refractivity contribution in [3.8, 4) is 17.2 Å². The fourth-order valence-electron chi connectivity index (χ4n) is 3.14. The number of hydrogen-bond acceptors (Lipinski definition) is 8. The molecular formula is C24H23N2O7S-. The minimum Gasteiger partial charge on any atom is -0.546 e. The first kappa shape index (κ1) is 24.7. The molecule has 34 heavy (non-hydrogen) atoms. The summed E-state index contributed by atoms with van der Waals surface area (Å²) in [6.07, 6.45) is 0.202. The highest BCUT2D eigenvalue weighted by Crippen LogP contribution is 2.31. The molecule has 1 aliphatic heterocycles. The Kier molecular flexibility index (Phi) is 7.85. The Labute approximate surface area is 201 Å². The van der Waals surface area contributed by atoms with Crippen molar-refractivity contribution in [3.63, 3.8) is 0 Å². The molecule has 0 unspecified atom stereocenters. The SMILES string of the molecule is CCOc1ccc(N2C(=O)/C(=C\c3ccc(O[C@H](C)C(=O)[O-])c(OCC)c3)C(=O)NC2=S)cc1. The fourth-order valence-corrected chi connectivity index (χ4v) is 3.42. The van der Waals surface area contributed by atoms with Crippen LogP contribution in [0.4, 0.5) is 5.69 Å². The summed E-state index contributed by atoms with van der Waals surface area (Å²) in [7, 11) is 0. The third kappa shape index (κ3) is 5.52. The molecule has 1 fully saturated rings. The normalized spacial score (nSPS) is 15.7. The molecule has 178 valence electrons. The maximum atomic E-state index is 13.2. The van der Waals surface area contributed by atoms with Gasteiger partial charge in [0.15, 0.2) is 16.6 Å². The zero-order chi connectivity index (χ0) is 24.8. The Hall–Kier alpha value is -3.92. The number of anilines is 1. The number of ether oxygens (including phenoxy) is 3. The molecule has 0 spiro atoms. The van der Waals surface area contributed by atoms with Gasteiger partial charge >= 0.3 is 0 Å². The van der Waals surface area contributed by atoms with Crippen molar-refractivity contribution >= 4 is 46.9 Å². The van der Waals surface area contributed by atoms with E-state index in [1.807, 2.05) is 6.92 Å². The van der Waals surface area contributed by atoms with Crippen LogP contribution in [0.1, 0.15) is 26.3 Å². The van der Waals surface area contributed by atoms with E-state index in [1.54, 1.807) is 43.3 Å². The molecule has 1 heterocycles. The number of aliphatic carboxylic acids is 1. The average Bonchev–Trinajstić information content (AvgIpc) is 2.79. The van der Waals surface area contributed by atoms with E-state index in [-0.39, 0.29) is 28.8 Å². The van der Waals surface area contributed by atoms with E-state index in [2.05, 4.69) is 5.32 Å². The van der Waals surface area contributed by atoms with Crippen LogP contribution in [0.2, 0.25) is 0 Å². The molecule has 2 aromatic carbocycles. The molecule has 0 aliphatic carbocycles. The molecule has 2 amide bonds. The third-order valence-corrected chi connectivity index (χ3v) is 5.01. The zero-order valence-electron chi connectivity index (χ0n) is 18.8. The third-order valence-electron chi connectivity index (χ3n) is 4.72. The predicted molar refractivity (Wildman–Crippen MR) is 127 cm³/mol. The maximum absolute atomic E-state index is 13.2. The quantitative estimate of drug-likeness (QED) is 0.326. The number of carbonyl (C=O) groups is 3. The van der Waals surface area contributed by atoms with Crippen LogP contribution in [0.3, 0.4) is 0 Å². The summed E-state index contributed by atoms with van der Waals surface area (Å²) >= 11 is 5.22. The maximum Gasteiger partial charge on any atom is 0.270 e. The molecule has 2 aromatic rings. The fraction of sp³-hybridized carbons (Fsp3) is 0.250.